The fourth-order valence-corrected chi connectivity index (χ4v) is 2.77. The van der Waals surface area contributed by atoms with Crippen molar-refractivity contribution in [3.05, 3.63) is 30.7 Å². The summed E-state index contributed by atoms with van der Waals surface area (Å²) in [5.74, 6) is 0.603. The van der Waals surface area contributed by atoms with Crippen LogP contribution < -0.4 is 11.1 Å². The SMILES string of the molecule is Nc1ccc(N[C@@H]2CCCN(C(=O)Cn3ccnn3)CC2)cn1. The molecule has 1 atom stereocenters. The van der Waals surface area contributed by atoms with Crippen LogP contribution in [0.5, 0.6) is 0 Å². The Balaban J connectivity index is 1.52. The zero-order valence-electron chi connectivity index (χ0n) is 12.9. The third-order valence-corrected chi connectivity index (χ3v) is 4.01. The first-order chi connectivity index (χ1) is 11.2. The zero-order chi connectivity index (χ0) is 16.1. The van der Waals surface area contributed by atoms with Gasteiger partial charge in [0.15, 0.2) is 0 Å². The topological polar surface area (TPSA) is 102 Å². The van der Waals surface area contributed by atoms with Crippen molar-refractivity contribution in [2.24, 2.45) is 0 Å². The Morgan fingerprint density at radius 2 is 2.26 bits per heavy atom. The molecule has 2 aromatic heterocycles. The summed E-state index contributed by atoms with van der Waals surface area (Å²) in [6.07, 6.45) is 7.94. The predicted molar refractivity (Wildman–Crippen MR) is 86.5 cm³/mol. The molecular weight excluding hydrogens is 294 g/mol. The number of nitrogens with one attached hydrogen (secondary N) is 1. The van der Waals surface area contributed by atoms with Gasteiger partial charge >= 0.3 is 0 Å². The highest BCUT2D eigenvalue weighted by atomic mass is 16.2. The second-order valence-corrected chi connectivity index (χ2v) is 5.73. The molecule has 0 bridgehead atoms. The third kappa shape index (κ3) is 4.18. The van der Waals surface area contributed by atoms with Gasteiger partial charge in [0.05, 0.1) is 18.1 Å². The minimum absolute atomic E-state index is 0.0882. The molecule has 1 saturated heterocycles. The van der Waals surface area contributed by atoms with Gasteiger partial charge in [-0.25, -0.2) is 9.67 Å². The summed E-state index contributed by atoms with van der Waals surface area (Å²) in [7, 11) is 0. The summed E-state index contributed by atoms with van der Waals surface area (Å²) < 4.78 is 1.56. The van der Waals surface area contributed by atoms with Crippen LogP contribution >= 0.6 is 0 Å². The molecule has 1 aliphatic heterocycles. The van der Waals surface area contributed by atoms with Gasteiger partial charge in [-0.1, -0.05) is 5.21 Å². The van der Waals surface area contributed by atoms with Crippen molar-refractivity contribution in [1.29, 1.82) is 0 Å². The Kier molecular flexibility index (Phi) is 4.70. The Hall–Kier alpha value is -2.64. The highest BCUT2D eigenvalue weighted by molar-refractivity contribution is 5.75. The van der Waals surface area contributed by atoms with E-state index in [1.165, 1.54) is 0 Å². The highest BCUT2D eigenvalue weighted by Crippen LogP contribution is 2.17. The zero-order valence-corrected chi connectivity index (χ0v) is 12.9. The molecule has 1 fully saturated rings. The number of carbonyl (C=O) groups excluding carboxylic acids is 1. The number of nitrogens with two attached hydrogens (primary N) is 1. The Morgan fingerprint density at radius 1 is 1.35 bits per heavy atom. The summed E-state index contributed by atoms with van der Waals surface area (Å²) in [6.45, 7) is 1.78. The highest BCUT2D eigenvalue weighted by Gasteiger charge is 2.21. The Morgan fingerprint density at radius 3 is 3.00 bits per heavy atom. The van der Waals surface area contributed by atoms with Crippen LogP contribution in [0.15, 0.2) is 30.7 Å². The maximum atomic E-state index is 12.3. The van der Waals surface area contributed by atoms with E-state index in [2.05, 4.69) is 20.6 Å². The largest absolute Gasteiger partial charge is 0.384 e. The number of nitrogens with zero attached hydrogens (tertiary/aromatic N) is 5. The molecular formula is C15H21N7O. The standard InChI is InChI=1S/C15H21N7O/c16-14-4-3-13(10-17-14)19-12-2-1-7-21(8-5-12)15(23)11-22-9-6-18-20-22/h3-4,6,9-10,12,19H,1-2,5,7-8,11H2,(H2,16,17)/t12-/m1/s1. The normalized spacial score (nSPS) is 18.4. The van der Waals surface area contributed by atoms with Gasteiger partial charge in [-0.15, -0.1) is 5.10 Å². The van der Waals surface area contributed by atoms with Crippen LogP contribution in [0.2, 0.25) is 0 Å². The molecule has 0 aliphatic carbocycles. The number of carbonyl (C=O) groups is 1. The van der Waals surface area contributed by atoms with E-state index in [1.807, 2.05) is 11.0 Å². The van der Waals surface area contributed by atoms with Crippen LogP contribution in [0.4, 0.5) is 11.5 Å². The van der Waals surface area contributed by atoms with Gasteiger partial charge in [-0.3, -0.25) is 4.79 Å². The van der Waals surface area contributed by atoms with Crippen LogP contribution in [0, 0.1) is 0 Å². The summed E-state index contributed by atoms with van der Waals surface area (Å²) in [4.78, 5) is 18.3. The first kappa shape index (κ1) is 15.3. The number of nitrogen functional groups attached to an aromatic ring is 1. The molecule has 0 saturated carbocycles. The monoisotopic (exact) mass is 315 g/mol. The average Bonchev–Trinajstić information content (AvgIpc) is 2.94. The van der Waals surface area contributed by atoms with Gasteiger partial charge in [0, 0.05) is 25.3 Å². The maximum absolute atomic E-state index is 12.3. The fourth-order valence-electron chi connectivity index (χ4n) is 2.77. The van der Waals surface area contributed by atoms with Crippen LogP contribution in [-0.4, -0.2) is 49.9 Å². The Labute approximate surface area is 134 Å². The first-order valence-corrected chi connectivity index (χ1v) is 7.80. The van der Waals surface area contributed by atoms with Crippen molar-refractivity contribution in [2.45, 2.75) is 31.8 Å². The molecule has 0 unspecified atom stereocenters. The number of rotatable bonds is 4. The minimum atomic E-state index is 0.0882. The number of likely N-dealkylation sites (tertiary alicyclic amines) is 1. The van der Waals surface area contributed by atoms with E-state index in [1.54, 1.807) is 29.3 Å². The van der Waals surface area contributed by atoms with Gasteiger partial charge in [-0.2, -0.15) is 0 Å². The van der Waals surface area contributed by atoms with Crippen LogP contribution in [0.25, 0.3) is 0 Å². The molecule has 23 heavy (non-hydrogen) atoms. The predicted octanol–water partition coefficient (Wildman–Crippen LogP) is 0.748. The smallest absolute Gasteiger partial charge is 0.244 e. The lowest BCUT2D eigenvalue weighted by Crippen LogP contribution is -2.35. The minimum Gasteiger partial charge on any atom is -0.384 e. The molecule has 0 radical (unpaired) electrons. The van der Waals surface area contributed by atoms with E-state index in [0.29, 0.717) is 11.9 Å². The van der Waals surface area contributed by atoms with Crippen LogP contribution in [-0.2, 0) is 11.3 Å². The fraction of sp³-hybridized carbons (Fsp3) is 0.467. The van der Waals surface area contributed by atoms with E-state index in [9.17, 15) is 4.79 Å². The average molecular weight is 315 g/mol. The quantitative estimate of drug-likeness (QED) is 0.863. The van der Waals surface area contributed by atoms with Gasteiger partial charge in [0.1, 0.15) is 12.4 Å². The van der Waals surface area contributed by atoms with Crippen molar-refractivity contribution in [3.63, 3.8) is 0 Å². The molecule has 1 amide bonds. The van der Waals surface area contributed by atoms with E-state index in [4.69, 9.17) is 5.73 Å². The molecule has 2 aromatic rings. The summed E-state index contributed by atoms with van der Waals surface area (Å²) in [6, 6.07) is 4.05. The van der Waals surface area contributed by atoms with Gasteiger partial charge < -0.3 is 16.0 Å². The van der Waals surface area contributed by atoms with E-state index >= 15 is 0 Å². The molecule has 0 aromatic carbocycles. The van der Waals surface area contributed by atoms with Gasteiger partial charge in [-0.05, 0) is 31.4 Å². The molecule has 3 rings (SSSR count). The lowest BCUT2D eigenvalue weighted by molar-refractivity contribution is -0.132. The van der Waals surface area contributed by atoms with Crippen molar-refractivity contribution in [3.8, 4) is 0 Å². The van der Waals surface area contributed by atoms with Crippen LogP contribution in [0.3, 0.4) is 0 Å². The second kappa shape index (κ2) is 7.08. The molecule has 8 nitrogen and oxygen atoms in total. The number of pyridine rings is 1. The summed E-state index contributed by atoms with van der Waals surface area (Å²) in [5.41, 5.74) is 6.56. The van der Waals surface area contributed by atoms with Gasteiger partial charge in [0.2, 0.25) is 5.91 Å². The molecule has 1 aliphatic rings. The Bertz CT molecular complexity index is 626. The molecule has 0 spiro atoms. The molecule has 3 heterocycles. The van der Waals surface area contributed by atoms with Gasteiger partial charge in [0.25, 0.3) is 0 Å². The van der Waals surface area contributed by atoms with Crippen molar-refractivity contribution >= 4 is 17.4 Å². The number of anilines is 2. The van der Waals surface area contributed by atoms with Crippen molar-refractivity contribution in [2.75, 3.05) is 24.1 Å². The number of hydrogen-bond donors (Lipinski definition) is 2. The second-order valence-electron chi connectivity index (χ2n) is 5.73. The number of aromatic nitrogens is 4. The van der Waals surface area contributed by atoms with Crippen LogP contribution in [0.1, 0.15) is 19.3 Å². The maximum Gasteiger partial charge on any atom is 0.244 e. The van der Waals surface area contributed by atoms with E-state index < -0.39 is 0 Å². The summed E-state index contributed by atoms with van der Waals surface area (Å²) >= 11 is 0. The number of hydrogen-bond acceptors (Lipinski definition) is 6. The number of amides is 1. The third-order valence-electron chi connectivity index (χ3n) is 4.01. The molecule has 8 heteroatoms. The van der Waals surface area contributed by atoms with E-state index in [-0.39, 0.29) is 12.5 Å². The lowest BCUT2D eigenvalue weighted by atomic mass is 10.1. The first-order valence-electron chi connectivity index (χ1n) is 7.80. The van der Waals surface area contributed by atoms with Crippen molar-refractivity contribution < 1.29 is 4.79 Å². The van der Waals surface area contributed by atoms with E-state index in [0.717, 1.165) is 38.0 Å². The molecule has 122 valence electrons. The lowest BCUT2D eigenvalue weighted by Gasteiger charge is -2.21. The molecule has 3 N–H and O–H groups in total. The summed E-state index contributed by atoms with van der Waals surface area (Å²) in [5, 5.41) is 11.0. The van der Waals surface area contributed by atoms with Crippen molar-refractivity contribution in [1.82, 2.24) is 24.9 Å².